The molecule has 0 amide bonds. The molecule has 1 aromatic rings. The van der Waals surface area contributed by atoms with Crippen LogP contribution in [0.4, 0.5) is 0 Å². The highest BCUT2D eigenvalue weighted by molar-refractivity contribution is 6.42. The Morgan fingerprint density at radius 3 is 2.47 bits per heavy atom. The van der Waals surface area contributed by atoms with Crippen LogP contribution >= 0.6 is 23.2 Å². The number of halogens is 2. The van der Waals surface area contributed by atoms with Crippen molar-refractivity contribution in [2.75, 3.05) is 0 Å². The molecule has 0 aromatic heterocycles. The normalized spacial score (nSPS) is 20.0. The van der Waals surface area contributed by atoms with E-state index in [0.29, 0.717) is 16.0 Å². The van der Waals surface area contributed by atoms with Crippen molar-refractivity contribution >= 4 is 23.2 Å². The molecule has 1 nitrogen and oxygen atoms in total. The molecule has 3 heteroatoms. The van der Waals surface area contributed by atoms with Gasteiger partial charge in [-0.25, -0.2) is 0 Å². The van der Waals surface area contributed by atoms with Crippen molar-refractivity contribution < 1.29 is 0 Å². The second-order valence-corrected chi connectivity index (χ2v) is 5.21. The fraction of sp³-hybridized carbons (Fsp3) is 0.500. The predicted molar refractivity (Wildman–Crippen MR) is 65.3 cm³/mol. The minimum Gasteiger partial charge on any atom is -0.324 e. The molecule has 0 aliphatic heterocycles. The van der Waals surface area contributed by atoms with Gasteiger partial charge >= 0.3 is 0 Å². The first kappa shape index (κ1) is 11.3. The summed E-state index contributed by atoms with van der Waals surface area (Å²) >= 11 is 11.8. The summed E-state index contributed by atoms with van der Waals surface area (Å²) in [6, 6.07) is 5.75. The number of hydrogen-bond acceptors (Lipinski definition) is 1. The van der Waals surface area contributed by atoms with Gasteiger partial charge in [0.15, 0.2) is 0 Å². The maximum absolute atomic E-state index is 6.20. The molecule has 1 saturated carbocycles. The van der Waals surface area contributed by atoms with Gasteiger partial charge in [0.25, 0.3) is 0 Å². The molecule has 0 bridgehead atoms. The predicted octanol–water partition coefficient (Wildman–Crippen LogP) is 4.04. The molecule has 1 aromatic carbocycles. The van der Waals surface area contributed by atoms with Crippen LogP contribution in [0.5, 0.6) is 0 Å². The Balaban J connectivity index is 2.17. The van der Waals surface area contributed by atoms with E-state index >= 15 is 0 Å². The molecule has 1 aliphatic rings. The maximum atomic E-state index is 6.20. The maximum Gasteiger partial charge on any atom is 0.0595 e. The average molecular weight is 244 g/mol. The lowest BCUT2D eigenvalue weighted by Gasteiger charge is -2.20. The Morgan fingerprint density at radius 2 is 1.93 bits per heavy atom. The monoisotopic (exact) mass is 243 g/mol. The highest BCUT2D eigenvalue weighted by atomic mass is 35.5. The molecule has 0 heterocycles. The van der Waals surface area contributed by atoms with Gasteiger partial charge in [0.1, 0.15) is 0 Å². The summed E-state index contributed by atoms with van der Waals surface area (Å²) in [6.07, 6.45) is 2.63. The fourth-order valence-electron chi connectivity index (χ4n) is 1.94. The number of rotatable bonds is 3. The zero-order valence-electron chi connectivity index (χ0n) is 8.71. The van der Waals surface area contributed by atoms with E-state index in [-0.39, 0.29) is 6.04 Å². The van der Waals surface area contributed by atoms with Gasteiger partial charge in [0.05, 0.1) is 10.0 Å². The molecule has 0 spiro atoms. The third-order valence-electron chi connectivity index (χ3n) is 3.26. The second kappa shape index (κ2) is 4.32. The number of hydrogen-bond donors (Lipinski definition) is 1. The van der Waals surface area contributed by atoms with Crippen LogP contribution < -0.4 is 5.73 Å². The molecular weight excluding hydrogens is 229 g/mol. The Hall–Kier alpha value is -0.240. The van der Waals surface area contributed by atoms with Crippen molar-refractivity contribution in [3.63, 3.8) is 0 Å². The van der Waals surface area contributed by atoms with Crippen molar-refractivity contribution in [1.82, 2.24) is 0 Å². The van der Waals surface area contributed by atoms with Crippen molar-refractivity contribution in [1.29, 1.82) is 0 Å². The van der Waals surface area contributed by atoms with E-state index in [1.165, 1.54) is 12.8 Å². The van der Waals surface area contributed by atoms with Crippen molar-refractivity contribution in [3.05, 3.63) is 33.8 Å². The number of benzene rings is 1. The van der Waals surface area contributed by atoms with Gasteiger partial charge in [0.2, 0.25) is 0 Å². The Morgan fingerprint density at radius 1 is 1.27 bits per heavy atom. The van der Waals surface area contributed by atoms with Crippen molar-refractivity contribution in [2.45, 2.75) is 25.8 Å². The molecule has 1 aliphatic carbocycles. The molecule has 2 unspecified atom stereocenters. The SMILES string of the molecule is CC(C1CC1)C(N)c1ccc(Cl)c(Cl)c1. The lowest BCUT2D eigenvalue weighted by Crippen LogP contribution is -2.20. The van der Waals surface area contributed by atoms with Crippen LogP contribution in [0.1, 0.15) is 31.4 Å². The fourth-order valence-corrected chi connectivity index (χ4v) is 2.25. The lowest BCUT2D eigenvalue weighted by atomic mass is 9.91. The van der Waals surface area contributed by atoms with Gasteiger partial charge in [-0.15, -0.1) is 0 Å². The first-order valence-electron chi connectivity index (χ1n) is 5.30. The van der Waals surface area contributed by atoms with E-state index in [2.05, 4.69) is 6.92 Å². The molecule has 0 radical (unpaired) electrons. The number of nitrogens with two attached hydrogens (primary N) is 1. The van der Waals surface area contributed by atoms with E-state index in [1.807, 2.05) is 18.2 Å². The van der Waals surface area contributed by atoms with Crippen molar-refractivity contribution in [3.8, 4) is 0 Å². The van der Waals surface area contributed by atoms with E-state index in [9.17, 15) is 0 Å². The second-order valence-electron chi connectivity index (χ2n) is 4.40. The van der Waals surface area contributed by atoms with E-state index < -0.39 is 0 Å². The minimum absolute atomic E-state index is 0.0762. The van der Waals surface area contributed by atoms with Crippen LogP contribution in [-0.2, 0) is 0 Å². The molecular formula is C12H15Cl2N. The first-order valence-corrected chi connectivity index (χ1v) is 6.05. The molecule has 2 atom stereocenters. The van der Waals surface area contributed by atoms with Crippen LogP contribution in [0.3, 0.4) is 0 Å². The lowest BCUT2D eigenvalue weighted by molar-refractivity contribution is 0.417. The van der Waals surface area contributed by atoms with Crippen molar-refractivity contribution in [2.24, 2.45) is 17.6 Å². The van der Waals surface area contributed by atoms with Gasteiger partial charge < -0.3 is 5.73 Å². The molecule has 82 valence electrons. The average Bonchev–Trinajstić information content (AvgIpc) is 3.03. The standard InChI is InChI=1S/C12H15Cl2N/c1-7(8-2-3-8)12(15)9-4-5-10(13)11(14)6-9/h4-8,12H,2-3,15H2,1H3. The molecule has 15 heavy (non-hydrogen) atoms. The van der Waals surface area contributed by atoms with Crippen LogP contribution in [0.2, 0.25) is 10.0 Å². The van der Waals surface area contributed by atoms with E-state index in [4.69, 9.17) is 28.9 Å². The van der Waals surface area contributed by atoms with Crippen LogP contribution in [0.25, 0.3) is 0 Å². The molecule has 2 rings (SSSR count). The smallest absolute Gasteiger partial charge is 0.0595 e. The highest BCUT2D eigenvalue weighted by Crippen LogP contribution is 2.42. The van der Waals surface area contributed by atoms with Gasteiger partial charge in [0, 0.05) is 6.04 Å². The summed E-state index contributed by atoms with van der Waals surface area (Å²) < 4.78 is 0. The summed E-state index contributed by atoms with van der Waals surface area (Å²) in [7, 11) is 0. The largest absolute Gasteiger partial charge is 0.324 e. The Labute approximate surface area is 101 Å². The van der Waals surface area contributed by atoms with Gasteiger partial charge in [-0.05, 0) is 42.4 Å². The molecule has 0 saturated heterocycles. The summed E-state index contributed by atoms with van der Waals surface area (Å²) in [5.74, 6) is 1.33. The Bertz CT molecular complexity index is 361. The zero-order chi connectivity index (χ0) is 11.0. The summed E-state index contributed by atoms with van der Waals surface area (Å²) in [5, 5.41) is 1.18. The molecule has 2 N–H and O–H groups in total. The first-order chi connectivity index (χ1) is 7.09. The quantitative estimate of drug-likeness (QED) is 0.853. The van der Waals surface area contributed by atoms with E-state index in [0.717, 1.165) is 11.5 Å². The van der Waals surface area contributed by atoms with Gasteiger partial charge in [-0.3, -0.25) is 0 Å². The van der Waals surface area contributed by atoms with Crippen LogP contribution in [-0.4, -0.2) is 0 Å². The summed E-state index contributed by atoms with van der Waals surface area (Å²) in [4.78, 5) is 0. The zero-order valence-corrected chi connectivity index (χ0v) is 10.2. The van der Waals surface area contributed by atoms with Gasteiger partial charge in [-0.1, -0.05) is 36.2 Å². The third-order valence-corrected chi connectivity index (χ3v) is 4.00. The van der Waals surface area contributed by atoms with Crippen LogP contribution in [0.15, 0.2) is 18.2 Å². The Kier molecular flexibility index (Phi) is 3.24. The van der Waals surface area contributed by atoms with Gasteiger partial charge in [-0.2, -0.15) is 0 Å². The van der Waals surface area contributed by atoms with E-state index in [1.54, 1.807) is 0 Å². The third kappa shape index (κ3) is 2.47. The summed E-state index contributed by atoms with van der Waals surface area (Å²) in [6.45, 7) is 2.21. The minimum atomic E-state index is 0.0762. The summed E-state index contributed by atoms with van der Waals surface area (Å²) in [5.41, 5.74) is 7.28. The molecule has 1 fully saturated rings. The topological polar surface area (TPSA) is 26.0 Å². The van der Waals surface area contributed by atoms with Crippen LogP contribution in [0, 0.1) is 11.8 Å². The highest BCUT2D eigenvalue weighted by Gasteiger charge is 2.32.